The average molecular weight is 239 g/mol. The van der Waals surface area contributed by atoms with Crippen LogP contribution in [0.3, 0.4) is 0 Å². The number of carbonyl (C=O) groups is 1. The Hall–Kier alpha value is -2.08. The smallest absolute Gasteiger partial charge is 0.368 e. The zero-order chi connectivity index (χ0) is 11.5. The molecule has 2 aromatic rings. The van der Waals surface area contributed by atoms with E-state index in [1.54, 1.807) is 24.3 Å². The van der Waals surface area contributed by atoms with Crippen molar-refractivity contribution < 1.29 is 9.53 Å². The van der Waals surface area contributed by atoms with Crippen molar-refractivity contribution in [2.75, 3.05) is 5.73 Å². The molecule has 0 aliphatic carbocycles. The van der Waals surface area contributed by atoms with Crippen molar-refractivity contribution in [3.8, 4) is 5.75 Å². The van der Waals surface area contributed by atoms with Crippen molar-refractivity contribution in [3.05, 3.63) is 35.0 Å². The molecule has 0 bridgehead atoms. The number of halogens is 1. The number of benzene rings is 1. The number of hydrogen-bond donors (Lipinski definition) is 2. The van der Waals surface area contributed by atoms with Gasteiger partial charge in [-0.05, 0) is 24.3 Å². The van der Waals surface area contributed by atoms with Crippen LogP contribution in [0.15, 0.2) is 24.3 Å². The minimum atomic E-state index is -0.673. The van der Waals surface area contributed by atoms with E-state index in [0.717, 1.165) is 0 Å². The van der Waals surface area contributed by atoms with Gasteiger partial charge in [0.1, 0.15) is 5.75 Å². The van der Waals surface area contributed by atoms with E-state index in [0.29, 0.717) is 10.8 Å². The number of esters is 1. The summed E-state index contributed by atoms with van der Waals surface area (Å²) >= 11 is 5.69. The summed E-state index contributed by atoms with van der Waals surface area (Å²) in [5, 5.41) is 9.86. The van der Waals surface area contributed by atoms with Crippen LogP contribution < -0.4 is 10.5 Å². The van der Waals surface area contributed by atoms with Crippen LogP contribution in [0, 0.1) is 0 Å². The molecule has 0 atom stereocenters. The Morgan fingerprint density at radius 2 is 2.00 bits per heavy atom. The van der Waals surface area contributed by atoms with Gasteiger partial charge in [-0.25, -0.2) is 4.79 Å². The average Bonchev–Trinajstić information content (AvgIpc) is 2.68. The van der Waals surface area contributed by atoms with Crippen molar-refractivity contribution >= 4 is 23.4 Å². The van der Waals surface area contributed by atoms with Crippen molar-refractivity contribution in [1.82, 2.24) is 15.4 Å². The summed E-state index contributed by atoms with van der Waals surface area (Å²) in [7, 11) is 0. The highest BCUT2D eigenvalue weighted by atomic mass is 35.5. The molecule has 0 saturated heterocycles. The van der Waals surface area contributed by atoms with Crippen molar-refractivity contribution in [1.29, 1.82) is 0 Å². The van der Waals surface area contributed by atoms with E-state index in [9.17, 15) is 4.79 Å². The van der Waals surface area contributed by atoms with Crippen molar-refractivity contribution in [2.24, 2.45) is 0 Å². The molecule has 0 saturated carbocycles. The monoisotopic (exact) mass is 238 g/mol. The minimum Gasteiger partial charge on any atom is -0.422 e. The molecule has 0 radical (unpaired) electrons. The molecular weight excluding hydrogens is 232 g/mol. The lowest BCUT2D eigenvalue weighted by Gasteiger charge is -2.01. The molecule has 16 heavy (non-hydrogen) atoms. The number of hydrogen-bond acceptors (Lipinski definition) is 5. The molecule has 2 rings (SSSR count). The van der Waals surface area contributed by atoms with Gasteiger partial charge in [0.2, 0.25) is 5.69 Å². The Morgan fingerprint density at radius 3 is 2.56 bits per heavy atom. The molecule has 7 heteroatoms. The first kappa shape index (κ1) is 10.4. The first-order valence-corrected chi connectivity index (χ1v) is 4.68. The lowest BCUT2D eigenvalue weighted by Crippen LogP contribution is -2.11. The predicted octanol–water partition coefficient (Wildman–Crippen LogP) is 1.26. The van der Waals surface area contributed by atoms with E-state index in [1.165, 1.54) is 0 Å². The van der Waals surface area contributed by atoms with Crippen LogP contribution in [0.2, 0.25) is 5.02 Å². The number of aromatic nitrogens is 3. The molecule has 82 valence electrons. The highest BCUT2D eigenvalue weighted by molar-refractivity contribution is 6.30. The quantitative estimate of drug-likeness (QED) is 0.607. The molecule has 0 aliphatic heterocycles. The standard InChI is InChI=1S/C9H7ClN4O2/c10-5-1-3-6(4-2-5)16-9(15)7-8(11)13-14-12-7/h1-4H,(H3,11,12,13,14). The van der Waals surface area contributed by atoms with Crippen LogP contribution in [0.5, 0.6) is 5.75 Å². The lowest BCUT2D eigenvalue weighted by atomic mass is 10.3. The number of H-pyrrole nitrogens is 1. The zero-order valence-electron chi connectivity index (χ0n) is 7.98. The van der Waals surface area contributed by atoms with Crippen molar-refractivity contribution in [2.45, 2.75) is 0 Å². The molecule has 3 N–H and O–H groups in total. The summed E-state index contributed by atoms with van der Waals surface area (Å²) in [6.45, 7) is 0. The van der Waals surface area contributed by atoms with Gasteiger partial charge in [0.25, 0.3) is 0 Å². The van der Waals surface area contributed by atoms with Crippen LogP contribution in [0.25, 0.3) is 0 Å². The molecule has 0 fully saturated rings. The summed E-state index contributed by atoms with van der Waals surface area (Å²) in [5.74, 6) is -0.315. The number of ether oxygens (including phenoxy) is 1. The fourth-order valence-corrected chi connectivity index (χ4v) is 1.17. The summed E-state index contributed by atoms with van der Waals surface area (Å²) in [4.78, 5) is 11.5. The maximum Gasteiger partial charge on any atom is 0.368 e. The predicted molar refractivity (Wildman–Crippen MR) is 57.2 cm³/mol. The van der Waals surface area contributed by atoms with E-state index < -0.39 is 5.97 Å². The topological polar surface area (TPSA) is 93.9 Å². The Kier molecular flexibility index (Phi) is 2.74. The third-order valence-corrected chi connectivity index (χ3v) is 2.04. The van der Waals surface area contributed by atoms with Gasteiger partial charge in [-0.2, -0.15) is 5.21 Å². The summed E-state index contributed by atoms with van der Waals surface area (Å²) < 4.78 is 4.99. The SMILES string of the molecule is Nc1n[nH]nc1C(=O)Oc1ccc(Cl)cc1. The zero-order valence-corrected chi connectivity index (χ0v) is 8.73. The highest BCUT2D eigenvalue weighted by Gasteiger charge is 2.16. The number of nitrogen functional groups attached to an aromatic ring is 1. The Labute approximate surface area is 95.4 Å². The molecule has 0 spiro atoms. The fourth-order valence-electron chi connectivity index (χ4n) is 1.05. The van der Waals surface area contributed by atoms with Gasteiger partial charge >= 0.3 is 5.97 Å². The largest absolute Gasteiger partial charge is 0.422 e. The van der Waals surface area contributed by atoms with Gasteiger partial charge in [-0.3, -0.25) is 0 Å². The van der Waals surface area contributed by atoms with Gasteiger partial charge in [0, 0.05) is 5.02 Å². The molecule has 1 heterocycles. The van der Waals surface area contributed by atoms with Crippen LogP contribution >= 0.6 is 11.6 Å². The maximum atomic E-state index is 11.5. The second-order valence-corrected chi connectivity index (χ2v) is 3.34. The van der Waals surface area contributed by atoms with E-state index >= 15 is 0 Å². The Bertz CT molecular complexity index is 508. The van der Waals surface area contributed by atoms with Gasteiger partial charge in [-0.1, -0.05) is 11.6 Å². The molecule has 0 unspecified atom stereocenters. The summed E-state index contributed by atoms with van der Waals surface area (Å²) in [6, 6.07) is 6.35. The maximum absolute atomic E-state index is 11.5. The first-order chi connectivity index (χ1) is 7.66. The van der Waals surface area contributed by atoms with Gasteiger partial charge in [-0.15, -0.1) is 10.2 Å². The normalized spacial score (nSPS) is 10.1. The highest BCUT2D eigenvalue weighted by Crippen LogP contribution is 2.17. The molecule has 6 nitrogen and oxygen atoms in total. The van der Waals surface area contributed by atoms with Crippen LogP contribution in [0.4, 0.5) is 5.82 Å². The minimum absolute atomic E-state index is 0.000960. The number of aromatic amines is 1. The number of carbonyl (C=O) groups excluding carboxylic acids is 1. The first-order valence-electron chi connectivity index (χ1n) is 4.31. The van der Waals surface area contributed by atoms with E-state index in [1.807, 2.05) is 0 Å². The number of rotatable bonds is 2. The Balaban J connectivity index is 2.14. The van der Waals surface area contributed by atoms with Gasteiger partial charge < -0.3 is 10.5 Å². The molecule has 1 aromatic heterocycles. The Morgan fingerprint density at radius 1 is 1.31 bits per heavy atom. The molecular formula is C9H7ClN4O2. The lowest BCUT2D eigenvalue weighted by molar-refractivity contribution is 0.0729. The number of nitrogens with one attached hydrogen (secondary N) is 1. The van der Waals surface area contributed by atoms with E-state index in [2.05, 4.69) is 15.4 Å². The second kappa shape index (κ2) is 4.19. The molecule has 1 aromatic carbocycles. The summed E-state index contributed by atoms with van der Waals surface area (Å²) in [5.41, 5.74) is 5.35. The number of nitrogens with two attached hydrogens (primary N) is 1. The molecule has 0 amide bonds. The fraction of sp³-hybridized carbons (Fsp3) is 0. The van der Waals surface area contributed by atoms with Crippen molar-refractivity contribution in [3.63, 3.8) is 0 Å². The van der Waals surface area contributed by atoms with Gasteiger partial charge in [0.05, 0.1) is 0 Å². The second-order valence-electron chi connectivity index (χ2n) is 2.90. The van der Waals surface area contributed by atoms with Crippen LogP contribution in [-0.4, -0.2) is 21.4 Å². The van der Waals surface area contributed by atoms with Crippen LogP contribution in [0.1, 0.15) is 10.5 Å². The number of anilines is 1. The van der Waals surface area contributed by atoms with E-state index in [-0.39, 0.29) is 11.5 Å². The third-order valence-electron chi connectivity index (χ3n) is 1.79. The van der Waals surface area contributed by atoms with Gasteiger partial charge in [0.15, 0.2) is 5.82 Å². The van der Waals surface area contributed by atoms with E-state index in [4.69, 9.17) is 22.1 Å². The van der Waals surface area contributed by atoms with Crippen LogP contribution in [-0.2, 0) is 0 Å². The molecule has 0 aliphatic rings. The third kappa shape index (κ3) is 2.12. The number of nitrogens with zero attached hydrogens (tertiary/aromatic N) is 2. The summed E-state index contributed by atoms with van der Waals surface area (Å²) in [6.07, 6.45) is 0.